The molecule has 0 radical (unpaired) electrons. The Balaban J connectivity index is 1.65. The van der Waals surface area contributed by atoms with Crippen LogP contribution in [0.3, 0.4) is 0 Å². The first-order valence-corrected chi connectivity index (χ1v) is 12.3. The molecule has 1 aromatic heterocycles. The summed E-state index contributed by atoms with van der Waals surface area (Å²) >= 11 is 5.71. The van der Waals surface area contributed by atoms with E-state index < -0.39 is 9.84 Å². The van der Waals surface area contributed by atoms with Crippen molar-refractivity contribution in [2.75, 3.05) is 26.3 Å². The number of aromatic nitrogens is 3. The van der Waals surface area contributed by atoms with Crippen molar-refractivity contribution in [3.8, 4) is 11.4 Å². The number of ether oxygens (including phenoxy) is 1. The van der Waals surface area contributed by atoms with Crippen LogP contribution < -0.4 is 0 Å². The maximum atomic E-state index is 12.9. The Morgan fingerprint density at radius 1 is 1.00 bits per heavy atom. The summed E-state index contributed by atoms with van der Waals surface area (Å²) in [5.41, 5.74) is 0.840. The fraction of sp³-hybridized carbons (Fsp3) is 0.364. The lowest BCUT2D eigenvalue weighted by Gasteiger charge is -2.26. The minimum atomic E-state index is -3.55. The first kappa shape index (κ1) is 21.9. The van der Waals surface area contributed by atoms with Gasteiger partial charge in [-0.05, 0) is 55.0 Å². The molecule has 7 nitrogen and oxygen atoms in total. The van der Waals surface area contributed by atoms with E-state index in [1.54, 1.807) is 54.6 Å². The van der Waals surface area contributed by atoms with Crippen LogP contribution in [-0.4, -0.2) is 54.0 Å². The normalized spacial score (nSPS) is 15.3. The second kappa shape index (κ2) is 9.44. The van der Waals surface area contributed by atoms with Crippen LogP contribution in [0.25, 0.3) is 11.4 Å². The van der Waals surface area contributed by atoms with Crippen LogP contribution in [0.5, 0.6) is 0 Å². The second-order valence-corrected chi connectivity index (χ2v) is 9.78. The maximum absolute atomic E-state index is 12.9. The Hall–Kier alpha value is -2.33. The molecular formula is C22H26N4O3S2. The van der Waals surface area contributed by atoms with E-state index in [1.165, 1.54) is 0 Å². The third kappa shape index (κ3) is 4.64. The summed E-state index contributed by atoms with van der Waals surface area (Å²) in [6.07, 6.45) is 0.922. The van der Waals surface area contributed by atoms with Gasteiger partial charge >= 0.3 is 0 Å². The zero-order chi connectivity index (χ0) is 21.8. The molecule has 0 atom stereocenters. The quantitative estimate of drug-likeness (QED) is 0.504. The minimum absolute atomic E-state index is 0.260. The molecule has 1 fully saturated rings. The highest BCUT2D eigenvalue weighted by Gasteiger charge is 2.19. The Kier molecular flexibility index (Phi) is 6.66. The molecule has 0 spiro atoms. The molecule has 9 heteroatoms. The molecule has 4 rings (SSSR count). The molecule has 1 aliphatic heterocycles. The number of benzene rings is 2. The van der Waals surface area contributed by atoms with E-state index in [9.17, 15) is 8.42 Å². The van der Waals surface area contributed by atoms with Crippen molar-refractivity contribution in [3.05, 3.63) is 59.4 Å². The number of sulfone groups is 1. The lowest BCUT2D eigenvalue weighted by molar-refractivity contribution is 0.0209. The smallest absolute Gasteiger partial charge is 0.206 e. The highest BCUT2D eigenvalue weighted by atomic mass is 32.2. The molecule has 0 amide bonds. The molecule has 2 aromatic carbocycles. The lowest BCUT2D eigenvalue weighted by atomic mass is 10.2. The van der Waals surface area contributed by atoms with Crippen LogP contribution >= 0.6 is 12.2 Å². The van der Waals surface area contributed by atoms with Crippen molar-refractivity contribution in [2.24, 2.45) is 0 Å². The van der Waals surface area contributed by atoms with Gasteiger partial charge in [0.2, 0.25) is 9.84 Å². The van der Waals surface area contributed by atoms with E-state index in [0.717, 1.165) is 37.4 Å². The molecule has 2 heterocycles. The Morgan fingerprint density at radius 3 is 2.29 bits per heavy atom. The van der Waals surface area contributed by atoms with Gasteiger partial charge in [0.05, 0.1) is 29.7 Å². The first-order valence-electron chi connectivity index (χ1n) is 10.4. The van der Waals surface area contributed by atoms with Crippen LogP contribution in [0.1, 0.15) is 13.3 Å². The summed E-state index contributed by atoms with van der Waals surface area (Å²) in [6.45, 7) is 6.60. The molecule has 0 N–H and O–H groups in total. The molecule has 31 heavy (non-hydrogen) atoms. The van der Waals surface area contributed by atoms with Gasteiger partial charge in [0.15, 0.2) is 10.6 Å². The van der Waals surface area contributed by atoms with Crippen LogP contribution in [0.15, 0.2) is 64.4 Å². The second-order valence-electron chi connectivity index (χ2n) is 7.47. The third-order valence-electron chi connectivity index (χ3n) is 5.28. The molecule has 3 aromatic rings. The van der Waals surface area contributed by atoms with E-state index in [4.69, 9.17) is 22.1 Å². The fourth-order valence-electron chi connectivity index (χ4n) is 3.62. The molecule has 0 aliphatic carbocycles. The number of nitrogens with zero attached hydrogens (tertiary/aromatic N) is 4. The van der Waals surface area contributed by atoms with E-state index in [-0.39, 0.29) is 9.79 Å². The van der Waals surface area contributed by atoms with Gasteiger partial charge in [-0.25, -0.2) is 13.1 Å². The van der Waals surface area contributed by atoms with Gasteiger partial charge in [0, 0.05) is 25.2 Å². The number of morpholine rings is 1. The number of hydrogen-bond donors (Lipinski definition) is 0. The summed E-state index contributed by atoms with van der Waals surface area (Å²) in [4.78, 5) is 2.81. The Morgan fingerprint density at radius 2 is 1.65 bits per heavy atom. The topological polar surface area (TPSA) is 69.4 Å². The summed E-state index contributed by atoms with van der Waals surface area (Å²) in [7, 11) is -3.55. The molecule has 0 unspecified atom stereocenters. The third-order valence-corrected chi connectivity index (χ3v) is 7.50. The van der Waals surface area contributed by atoms with E-state index in [1.807, 2.05) is 9.25 Å². The average Bonchev–Trinajstić information content (AvgIpc) is 3.11. The van der Waals surface area contributed by atoms with E-state index in [2.05, 4.69) is 11.8 Å². The maximum Gasteiger partial charge on any atom is 0.206 e. The van der Waals surface area contributed by atoms with Crippen LogP contribution in [0, 0.1) is 4.77 Å². The summed E-state index contributed by atoms with van der Waals surface area (Å²) in [6, 6.07) is 15.3. The molecule has 164 valence electrons. The van der Waals surface area contributed by atoms with E-state index in [0.29, 0.717) is 24.7 Å². The van der Waals surface area contributed by atoms with Crippen molar-refractivity contribution >= 4 is 22.1 Å². The zero-order valence-electron chi connectivity index (χ0n) is 17.5. The monoisotopic (exact) mass is 458 g/mol. The van der Waals surface area contributed by atoms with Gasteiger partial charge in [-0.15, -0.1) is 0 Å². The fourth-order valence-corrected chi connectivity index (χ4v) is 5.18. The van der Waals surface area contributed by atoms with Gasteiger partial charge in [0.25, 0.3) is 0 Å². The first-order chi connectivity index (χ1) is 15.0. The van der Waals surface area contributed by atoms with Crippen LogP contribution in [-0.2, 0) is 27.8 Å². The number of hydrogen-bond acceptors (Lipinski definition) is 6. The van der Waals surface area contributed by atoms with Crippen molar-refractivity contribution in [1.82, 2.24) is 19.2 Å². The zero-order valence-corrected chi connectivity index (χ0v) is 19.1. The number of rotatable bonds is 7. The van der Waals surface area contributed by atoms with Crippen molar-refractivity contribution in [3.63, 3.8) is 0 Å². The Labute approximate surface area is 187 Å². The summed E-state index contributed by atoms with van der Waals surface area (Å²) in [5, 5.41) is 4.79. The van der Waals surface area contributed by atoms with Gasteiger partial charge in [-0.3, -0.25) is 9.47 Å². The molecule has 0 bridgehead atoms. The van der Waals surface area contributed by atoms with Crippen molar-refractivity contribution in [2.45, 2.75) is 36.3 Å². The van der Waals surface area contributed by atoms with Gasteiger partial charge in [-0.1, -0.05) is 25.1 Å². The summed E-state index contributed by atoms with van der Waals surface area (Å²) < 4.78 is 35.7. The predicted molar refractivity (Wildman–Crippen MR) is 121 cm³/mol. The molecule has 1 saturated heterocycles. The van der Waals surface area contributed by atoms with Crippen molar-refractivity contribution in [1.29, 1.82) is 0 Å². The van der Waals surface area contributed by atoms with Crippen LogP contribution in [0.4, 0.5) is 0 Å². The van der Waals surface area contributed by atoms with Gasteiger partial charge in [0.1, 0.15) is 0 Å². The highest BCUT2D eigenvalue weighted by Crippen LogP contribution is 2.25. The van der Waals surface area contributed by atoms with Crippen LogP contribution in [0.2, 0.25) is 0 Å². The lowest BCUT2D eigenvalue weighted by Crippen LogP contribution is -2.37. The highest BCUT2D eigenvalue weighted by molar-refractivity contribution is 7.91. The van der Waals surface area contributed by atoms with Gasteiger partial charge < -0.3 is 4.74 Å². The SMILES string of the molecule is CCCn1c(-c2ccc(S(=O)(=O)c3ccccc3)cc2)nn(CN2CCOCC2)c1=S. The standard InChI is InChI=1S/C22H26N4O3S2/c1-2-12-25-21(23-26(22(25)30)17-24-13-15-29-16-14-24)18-8-10-20(11-9-18)31(27,28)19-6-4-3-5-7-19/h3-11H,2,12-17H2,1H3. The molecular weight excluding hydrogens is 432 g/mol. The van der Waals surface area contributed by atoms with Gasteiger partial charge in [-0.2, -0.15) is 5.10 Å². The minimum Gasteiger partial charge on any atom is -0.379 e. The molecule has 0 saturated carbocycles. The molecule has 1 aliphatic rings. The predicted octanol–water partition coefficient (Wildman–Crippen LogP) is 3.61. The Bertz CT molecular complexity index is 1180. The van der Waals surface area contributed by atoms with E-state index >= 15 is 0 Å². The average molecular weight is 459 g/mol. The largest absolute Gasteiger partial charge is 0.379 e. The van der Waals surface area contributed by atoms with Crippen molar-refractivity contribution < 1.29 is 13.2 Å². The summed E-state index contributed by atoms with van der Waals surface area (Å²) in [5.74, 6) is 0.753.